The average molecular weight is 296 g/mol. The number of carbonyl (C=O) groups excluding carboxylic acids is 1. The molecule has 2 saturated carbocycles. The second-order valence-electron chi connectivity index (χ2n) is 5.63. The number of hydrogen-bond donors (Lipinski definition) is 1. The zero-order valence-corrected chi connectivity index (χ0v) is 11.5. The van der Waals surface area contributed by atoms with Crippen LogP contribution in [0.15, 0.2) is 0 Å². The number of alkyl halides is 3. The molecule has 0 aromatic rings. The Labute approximate surface area is 115 Å². The topological polar surface area (TPSA) is 55.8 Å². The number of halogens is 3. The molecule has 0 radical (unpaired) electrons. The number of carbonyl (C=O) groups is 1. The average Bonchev–Trinajstić information content (AvgIpc) is 2.41. The Bertz CT molecular complexity index is 392. The molecule has 4 nitrogen and oxygen atoms in total. The zero-order valence-electron chi connectivity index (χ0n) is 11.5. The summed E-state index contributed by atoms with van der Waals surface area (Å²) < 4.78 is 51.1. The monoisotopic (exact) mass is 296 g/mol. The maximum atomic E-state index is 13.6. The summed E-state index contributed by atoms with van der Waals surface area (Å²) in [6, 6.07) is 0. The van der Waals surface area contributed by atoms with Gasteiger partial charge in [0.1, 0.15) is 11.2 Å². The molecule has 7 heteroatoms. The van der Waals surface area contributed by atoms with E-state index in [1.54, 1.807) is 0 Å². The van der Waals surface area contributed by atoms with Crippen LogP contribution in [0.2, 0.25) is 0 Å². The van der Waals surface area contributed by atoms with Gasteiger partial charge in [-0.2, -0.15) is 13.2 Å². The van der Waals surface area contributed by atoms with E-state index >= 15 is 0 Å². The van der Waals surface area contributed by atoms with E-state index in [9.17, 15) is 23.1 Å². The number of ether oxygens (including phenoxy) is 2. The van der Waals surface area contributed by atoms with Crippen LogP contribution in [0.4, 0.5) is 13.2 Å². The van der Waals surface area contributed by atoms with Crippen molar-refractivity contribution in [1.29, 1.82) is 0 Å². The number of aliphatic hydroxyl groups is 1. The van der Waals surface area contributed by atoms with E-state index in [2.05, 4.69) is 0 Å². The number of ketones is 1. The van der Waals surface area contributed by atoms with Gasteiger partial charge in [0.05, 0.1) is 6.10 Å². The van der Waals surface area contributed by atoms with Crippen LogP contribution in [0.3, 0.4) is 0 Å². The van der Waals surface area contributed by atoms with Crippen molar-refractivity contribution in [3.63, 3.8) is 0 Å². The van der Waals surface area contributed by atoms with E-state index in [-0.39, 0.29) is 32.1 Å². The van der Waals surface area contributed by atoms with Gasteiger partial charge in [0, 0.05) is 39.4 Å². The van der Waals surface area contributed by atoms with Crippen LogP contribution in [0.5, 0.6) is 0 Å². The molecule has 1 N–H and O–H groups in total. The molecule has 0 aliphatic heterocycles. The Hall–Kier alpha value is -0.660. The smallest absolute Gasteiger partial charge is 0.392 e. The molecule has 3 atom stereocenters. The summed E-state index contributed by atoms with van der Waals surface area (Å²) in [4.78, 5) is 12.0. The molecule has 0 saturated heterocycles. The Morgan fingerprint density at radius 1 is 1.25 bits per heavy atom. The van der Waals surface area contributed by atoms with Crippen LogP contribution < -0.4 is 0 Å². The van der Waals surface area contributed by atoms with Crippen molar-refractivity contribution in [1.82, 2.24) is 0 Å². The molecule has 2 aliphatic carbocycles. The zero-order chi connectivity index (χ0) is 15.2. The van der Waals surface area contributed by atoms with Gasteiger partial charge in [0.2, 0.25) is 0 Å². The first kappa shape index (κ1) is 15.7. The molecule has 0 spiro atoms. The van der Waals surface area contributed by atoms with Crippen LogP contribution in [0, 0.1) is 11.3 Å². The molecule has 0 aromatic heterocycles. The molecule has 0 aromatic carbocycles. The van der Waals surface area contributed by atoms with Gasteiger partial charge in [0.25, 0.3) is 0 Å². The highest BCUT2D eigenvalue weighted by Crippen LogP contribution is 2.60. The summed E-state index contributed by atoms with van der Waals surface area (Å²) in [5, 5.41) is 9.97. The third kappa shape index (κ3) is 2.07. The standard InChI is InChI=1S/C13H19F3O4/c1-19-11(20-2)5-6-12(13(14,15)16)8(7-11)9(17)3-4-10(12)18/h8,10,18H,3-7H2,1-2H3/t8-,10+,12+/m0/s1. The number of Topliss-reactive ketones (excluding diaryl/α,β-unsaturated/α-hetero) is 1. The molecule has 116 valence electrons. The lowest BCUT2D eigenvalue weighted by molar-refractivity contribution is -0.323. The van der Waals surface area contributed by atoms with Crippen molar-refractivity contribution in [2.24, 2.45) is 11.3 Å². The lowest BCUT2D eigenvalue weighted by Gasteiger charge is -2.54. The Morgan fingerprint density at radius 2 is 1.85 bits per heavy atom. The van der Waals surface area contributed by atoms with Gasteiger partial charge in [-0.1, -0.05) is 0 Å². The van der Waals surface area contributed by atoms with Crippen molar-refractivity contribution < 1.29 is 32.5 Å². The normalized spacial score (nSPS) is 37.6. The molecule has 0 amide bonds. The molecule has 2 aliphatic rings. The highest BCUT2D eigenvalue weighted by Gasteiger charge is 2.69. The van der Waals surface area contributed by atoms with Crippen LogP contribution in [-0.4, -0.2) is 43.2 Å². The Balaban J connectivity index is 2.44. The fourth-order valence-electron chi connectivity index (χ4n) is 3.66. The predicted octanol–water partition coefficient (Wildman–Crippen LogP) is 2.05. The number of fused-ring (bicyclic) bond motifs is 1. The van der Waals surface area contributed by atoms with Gasteiger partial charge in [-0.15, -0.1) is 0 Å². The molecule has 20 heavy (non-hydrogen) atoms. The van der Waals surface area contributed by atoms with Gasteiger partial charge in [-0.3, -0.25) is 4.79 Å². The number of methoxy groups -OCH3 is 2. The molecule has 0 unspecified atom stereocenters. The summed E-state index contributed by atoms with van der Waals surface area (Å²) in [6.07, 6.45) is -6.88. The molecule has 0 bridgehead atoms. The SMILES string of the molecule is COC1(OC)CC[C@]2(C(F)(F)F)[C@H](O)CCC(=O)[C@@H]2C1. The largest absolute Gasteiger partial charge is 0.397 e. The van der Waals surface area contributed by atoms with Crippen LogP contribution in [0.25, 0.3) is 0 Å². The summed E-state index contributed by atoms with van der Waals surface area (Å²) in [5.41, 5.74) is -2.36. The third-order valence-corrected chi connectivity index (χ3v) is 4.98. The van der Waals surface area contributed by atoms with Gasteiger partial charge in [-0.05, 0) is 12.8 Å². The van der Waals surface area contributed by atoms with Crippen molar-refractivity contribution in [2.75, 3.05) is 14.2 Å². The fourth-order valence-corrected chi connectivity index (χ4v) is 3.66. The molecule has 2 rings (SSSR count). The Morgan fingerprint density at radius 3 is 2.35 bits per heavy atom. The van der Waals surface area contributed by atoms with E-state index in [1.165, 1.54) is 14.2 Å². The number of aliphatic hydroxyl groups excluding tert-OH is 1. The highest BCUT2D eigenvalue weighted by atomic mass is 19.4. The first-order chi connectivity index (χ1) is 9.22. The van der Waals surface area contributed by atoms with E-state index in [4.69, 9.17) is 9.47 Å². The molecular weight excluding hydrogens is 277 g/mol. The lowest BCUT2D eigenvalue weighted by Crippen LogP contribution is -2.63. The maximum absolute atomic E-state index is 13.6. The van der Waals surface area contributed by atoms with E-state index in [1.807, 2.05) is 0 Å². The van der Waals surface area contributed by atoms with Gasteiger partial charge in [-0.25, -0.2) is 0 Å². The fraction of sp³-hybridized carbons (Fsp3) is 0.923. The Kier molecular flexibility index (Phi) is 3.90. The van der Waals surface area contributed by atoms with Crippen LogP contribution in [0.1, 0.15) is 32.1 Å². The first-order valence-corrected chi connectivity index (χ1v) is 6.60. The molecule has 0 heterocycles. The summed E-state index contributed by atoms with van der Waals surface area (Å²) >= 11 is 0. The second kappa shape index (κ2) is 4.96. The summed E-state index contributed by atoms with van der Waals surface area (Å²) in [5.74, 6) is -2.95. The van der Waals surface area contributed by atoms with Gasteiger partial charge >= 0.3 is 6.18 Å². The lowest BCUT2D eigenvalue weighted by atomic mass is 9.55. The number of rotatable bonds is 2. The van der Waals surface area contributed by atoms with E-state index in [0.29, 0.717) is 0 Å². The summed E-state index contributed by atoms with van der Waals surface area (Å²) in [7, 11) is 2.71. The van der Waals surface area contributed by atoms with Gasteiger partial charge < -0.3 is 14.6 Å². The minimum absolute atomic E-state index is 0.000347. The van der Waals surface area contributed by atoms with Crippen molar-refractivity contribution in [3.05, 3.63) is 0 Å². The van der Waals surface area contributed by atoms with Crippen molar-refractivity contribution in [2.45, 2.75) is 50.2 Å². The quantitative estimate of drug-likeness (QED) is 0.792. The maximum Gasteiger partial charge on any atom is 0.397 e. The first-order valence-electron chi connectivity index (χ1n) is 6.60. The molecule has 2 fully saturated rings. The van der Waals surface area contributed by atoms with Crippen molar-refractivity contribution >= 4 is 5.78 Å². The third-order valence-electron chi connectivity index (χ3n) is 4.98. The van der Waals surface area contributed by atoms with E-state index in [0.717, 1.165) is 0 Å². The van der Waals surface area contributed by atoms with Crippen molar-refractivity contribution in [3.8, 4) is 0 Å². The van der Waals surface area contributed by atoms with Crippen LogP contribution >= 0.6 is 0 Å². The second-order valence-corrected chi connectivity index (χ2v) is 5.63. The van der Waals surface area contributed by atoms with Crippen LogP contribution in [-0.2, 0) is 14.3 Å². The van der Waals surface area contributed by atoms with Gasteiger partial charge in [0.15, 0.2) is 5.79 Å². The predicted molar refractivity (Wildman–Crippen MR) is 62.8 cm³/mol. The molecular formula is C13H19F3O4. The number of hydrogen-bond acceptors (Lipinski definition) is 4. The highest BCUT2D eigenvalue weighted by molar-refractivity contribution is 5.83. The minimum Gasteiger partial charge on any atom is -0.392 e. The summed E-state index contributed by atoms with van der Waals surface area (Å²) in [6.45, 7) is 0. The van der Waals surface area contributed by atoms with E-state index < -0.39 is 35.2 Å². The minimum atomic E-state index is -4.62.